The van der Waals surface area contributed by atoms with Gasteiger partial charge in [0.15, 0.2) is 0 Å². The third kappa shape index (κ3) is 0.666. The Kier molecular flexibility index (Phi) is 1.19. The van der Waals surface area contributed by atoms with Crippen LogP contribution in [0.25, 0.3) is 0 Å². The molecule has 0 aromatic heterocycles. The maximum Gasteiger partial charge on any atom is 0.0952 e. The fraction of sp³-hybridized carbons (Fsp3) is 0.800. The summed E-state index contributed by atoms with van der Waals surface area (Å²) < 4.78 is 0. The number of aliphatic hydroxyl groups is 1. The molecule has 0 amide bonds. The fourth-order valence-corrected chi connectivity index (χ4v) is 2.73. The zero-order chi connectivity index (χ0) is 8.22. The van der Waals surface area contributed by atoms with Crippen LogP contribution in [0.15, 0.2) is 11.8 Å². The van der Waals surface area contributed by atoms with E-state index in [1.54, 1.807) is 0 Å². The lowest BCUT2D eigenvalue weighted by atomic mass is 9.90. The highest BCUT2D eigenvalue weighted by atomic mass is 16.3. The highest BCUT2D eigenvalue weighted by Crippen LogP contribution is 2.68. The van der Waals surface area contributed by atoms with Crippen LogP contribution in [0.4, 0.5) is 0 Å². The summed E-state index contributed by atoms with van der Waals surface area (Å²) in [6.07, 6.45) is 3.25. The molecule has 2 rings (SSSR count). The van der Waals surface area contributed by atoms with Gasteiger partial charge < -0.3 is 5.11 Å². The summed E-state index contributed by atoms with van der Waals surface area (Å²) in [6.45, 7) is 6.63. The van der Waals surface area contributed by atoms with Gasteiger partial charge in [-0.1, -0.05) is 20.8 Å². The van der Waals surface area contributed by atoms with E-state index >= 15 is 0 Å². The first-order chi connectivity index (χ1) is 5.09. The molecule has 0 aliphatic heterocycles. The Hall–Kier alpha value is -0.460. The molecule has 0 radical (unpaired) electrons. The molecular formula is C10H16O. The largest absolute Gasteiger partial charge is 0.512 e. The van der Waals surface area contributed by atoms with Crippen LogP contribution in [-0.4, -0.2) is 5.11 Å². The average molecular weight is 152 g/mol. The second-order valence-corrected chi connectivity index (χ2v) is 4.42. The maximum atomic E-state index is 9.69. The van der Waals surface area contributed by atoms with Gasteiger partial charge in [0.2, 0.25) is 0 Å². The first-order valence-corrected chi connectivity index (χ1v) is 4.50. The van der Waals surface area contributed by atoms with Crippen molar-refractivity contribution in [3.05, 3.63) is 11.8 Å². The Morgan fingerprint density at radius 2 is 2.27 bits per heavy atom. The van der Waals surface area contributed by atoms with Gasteiger partial charge in [-0.05, 0) is 30.3 Å². The zero-order valence-corrected chi connectivity index (χ0v) is 7.46. The number of rotatable bonds is 1. The van der Waals surface area contributed by atoms with Crippen LogP contribution < -0.4 is 0 Å². The summed E-state index contributed by atoms with van der Waals surface area (Å²) in [4.78, 5) is 0. The zero-order valence-electron chi connectivity index (χ0n) is 7.46. The van der Waals surface area contributed by atoms with E-state index in [9.17, 15) is 5.11 Å². The number of hydrogen-bond donors (Lipinski definition) is 1. The minimum absolute atomic E-state index is 0.208. The molecule has 1 saturated carbocycles. The molecular weight excluding hydrogens is 136 g/mol. The monoisotopic (exact) mass is 152 g/mol. The molecule has 1 nitrogen and oxygen atoms in total. The maximum absolute atomic E-state index is 9.69. The lowest BCUT2D eigenvalue weighted by molar-refractivity contribution is 0.257. The molecule has 3 unspecified atom stereocenters. The summed E-state index contributed by atoms with van der Waals surface area (Å²) in [5.41, 5.74) is 0.208. The van der Waals surface area contributed by atoms with Crippen LogP contribution in [0, 0.1) is 23.2 Å². The third-order valence-electron chi connectivity index (χ3n) is 3.62. The van der Waals surface area contributed by atoms with Gasteiger partial charge in [-0.25, -0.2) is 0 Å². The van der Waals surface area contributed by atoms with Crippen LogP contribution >= 0.6 is 0 Å². The average Bonchev–Trinajstić information content (AvgIpc) is 2.56. The first kappa shape index (κ1) is 7.20. The highest BCUT2D eigenvalue weighted by Gasteiger charge is 2.63. The van der Waals surface area contributed by atoms with Crippen LogP contribution in [0.1, 0.15) is 27.2 Å². The number of hydrogen-bond acceptors (Lipinski definition) is 1. The SMILES string of the molecule is CC1C=C(O)C2(C(C)C)CC12. The molecule has 2 aliphatic carbocycles. The van der Waals surface area contributed by atoms with Gasteiger partial charge in [0.1, 0.15) is 0 Å². The Labute approximate surface area is 68.1 Å². The minimum atomic E-state index is 0.208. The molecule has 3 atom stereocenters. The van der Waals surface area contributed by atoms with Gasteiger partial charge in [0.25, 0.3) is 0 Å². The normalized spacial score (nSPS) is 47.5. The van der Waals surface area contributed by atoms with Crippen LogP contribution in [0.3, 0.4) is 0 Å². The van der Waals surface area contributed by atoms with Crippen LogP contribution in [0.2, 0.25) is 0 Å². The van der Waals surface area contributed by atoms with E-state index in [0.29, 0.717) is 17.6 Å². The van der Waals surface area contributed by atoms with Crippen molar-refractivity contribution in [2.45, 2.75) is 27.2 Å². The summed E-state index contributed by atoms with van der Waals surface area (Å²) >= 11 is 0. The summed E-state index contributed by atoms with van der Waals surface area (Å²) in [5, 5.41) is 9.69. The molecule has 62 valence electrons. The Bertz CT molecular complexity index is 217. The van der Waals surface area contributed by atoms with E-state index < -0.39 is 0 Å². The van der Waals surface area contributed by atoms with E-state index in [-0.39, 0.29) is 5.41 Å². The second kappa shape index (κ2) is 1.82. The topological polar surface area (TPSA) is 20.2 Å². The minimum Gasteiger partial charge on any atom is -0.512 e. The summed E-state index contributed by atoms with van der Waals surface area (Å²) in [7, 11) is 0. The van der Waals surface area contributed by atoms with Gasteiger partial charge in [0, 0.05) is 5.41 Å². The van der Waals surface area contributed by atoms with Crippen molar-refractivity contribution in [3.63, 3.8) is 0 Å². The lowest BCUT2D eigenvalue weighted by Gasteiger charge is -2.17. The Balaban J connectivity index is 2.29. The predicted octanol–water partition coefficient (Wildman–Crippen LogP) is 2.74. The van der Waals surface area contributed by atoms with Gasteiger partial charge >= 0.3 is 0 Å². The van der Waals surface area contributed by atoms with E-state index in [1.807, 2.05) is 6.08 Å². The smallest absolute Gasteiger partial charge is 0.0952 e. The number of aliphatic hydroxyl groups excluding tert-OH is 1. The molecule has 1 fully saturated rings. The predicted molar refractivity (Wildman–Crippen MR) is 45.3 cm³/mol. The first-order valence-electron chi connectivity index (χ1n) is 4.50. The van der Waals surface area contributed by atoms with Gasteiger partial charge in [0.05, 0.1) is 5.76 Å². The third-order valence-corrected chi connectivity index (χ3v) is 3.62. The van der Waals surface area contributed by atoms with E-state index in [4.69, 9.17) is 0 Å². The molecule has 0 bridgehead atoms. The van der Waals surface area contributed by atoms with Crippen molar-refractivity contribution in [3.8, 4) is 0 Å². The van der Waals surface area contributed by atoms with Crippen molar-refractivity contribution in [1.82, 2.24) is 0 Å². The summed E-state index contributed by atoms with van der Waals surface area (Å²) in [5.74, 6) is 2.64. The van der Waals surface area contributed by atoms with Crippen molar-refractivity contribution >= 4 is 0 Å². The quantitative estimate of drug-likeness (QED) is 0.612. The van der Waals surface area contributed by atoms with Crippen molar-refractivity contribution in [2.24, 2.45) is 23.2 Å². The molecule has 0 aromatic carbocycles. The molecule has 2 aliphatic rings. The van der Waals surface area contributed by atoms with Crippen molar-refractivity contribution < 1.29 is 5.11 Å². The van der Waals surface area contributed by atoms with E-state index in [2.05, 4.69) is 20.8 Å². The van der Waals surface area contributed by atoms with E-state index in [0.717, 1.165) is 5.92 Å². The number of allylic oxidation sites excluding steroid dienone is 2. The molecule has 0 spiro atoms. The number of fused-ring (bicyclic) bond motifs is 1. The molecule has 0 aromatic rings. The standard InChI is InChI=1S/C10H16O/c1-6(2)10-5-8(10)7(3)4-9(10)11/h4,6-8,11H,5H2,1-3H3. The van der Waals surface area contributed by atoms with Crippen molar-refractivity contribution in [1.29, 1.82) is 0 Å². The molecule has 0 saturated heterocycles. The molecule has 1 N–H and O–H groups in total. The second-order valence-electron chi connectivity index (χ2n) is 4.42. The van der Waals surface area contributed by atoms with Crippen LogP contribution in [0.5, 0.6) is 0 Å². The molecule has 1 heteroatoms. The van der Waals surface area contributed by atoms with Crippen molar-refractivity contribution in [2.75, 3.05) is 0 Å². The Morgan fingerprint density at radius 3 is 2.45 bits per heavy atom. The van der Waals surface area contributed by atoms with Gasteiger partial charge in [-0.15, -0.1) is 0 Å². The highest BCUT2D eigenvalue weighted by molar-refractivity contribution is 5.30. The van der Waals surface area contributed by atoms with Crippen LogP contribution in [-0.2, 0) is 0 Å². The Morgan fingerprint density at radius 1 is 1.64 bits per heavy atom. The summed E-state index contributed by atoms with van der Waals surface area (Å²) in [6, 6.07) is 0. The van der Waals surface area contributed by atoms with E-state index in [1.165, 1.54) is 6.42 Å². The van der Waals surface area contributed by atoms with Gasteiger partial charge in [-0.2, -0.15) is 0 Å². The molecule has 11 heavy (non-hydrogen) atoms. The van der Waals surface area contributed by atoms with Gasteiger partial charge in [-0.3, -0.25) is 0 Å². The lowest BCUT2D eigenvalue weighted by Crippen LogP contribution is -2.12. The fourth-order valence-electron chi connectivity index (χ4n) is 2.73. The molecule has 0 heterocycles.